The summed E-state index contributed by atoms with van der Waals surface area (Å²) in [5.74, 6) is -2.94. The lowest BCUT2D eigenvalue weighted by Crippen LogP contribution is -2.18. The van der Waals surface area contributed by atoms with Gasteiger partial charge in [-0.1, -0.05) is 12.1 Å². The van der Waals surface area contributed by atoms with Crippen molar-refractivity contribution in [1.29, 1.82) is 0 Å². The minimum atomic E-state index is -3.77. The molecule has 0 saturated heterocycles. The SMILES string of the molecule is CCCS(=O)(=O)Nc1ccc(F)c(-n2cc(-c3cncc(F)c3)nn2)c1F. The predicted octanol–water partition coefficient (Wildman–Crippen LogP) is 2.90. The fourth-order valence-electron chi connectivity index (χ4n) is 2.37. The molecule has 0 radical (unpaired) electrons. The quantitative estimate of drug-likeness (QED) is 0.691. The van der Waals surface area contributed by atoms with Crippen molar-refractivity contribution in [2.24, 2.45) is 0 Å². The maximum Gasteiger partial charge on any atom is 0.232 e. The van der Waals surface area contributed by atoms with Gasteiger partial charge in [-0.2, -0.15) is 0 Å². The molecule has 0 fully saturated rings. The molecule has 142 valence electrons. The molecule has 0 spiro atoms. The zero-order valence-corrected chi connectivity index (χ0v) is 14.8. The molecule has 0 amide bonds. The van der Waals surface area contributed by atoms with Crippen LogP contribution in [0.3, 0.4) is 0 Å². The Morgan fingerprint density at radius 3 is 2.67 bits per heavy atom. The monoisotopic (exact) mass is 397 g/mol. The normalized spacial score (nSPS) is 11.6. The third-order valence-electron chi connectivity index (χ3n) is 3.53. The molecular formula is C16H14F3N5O2S. The van der Waals surface area contributed by atoms with E-state index in [1.165, 1.54) is 12.4 Å². The summed E-state index contributed by atoms with van der Waals surface area (Å²) in [6.45, 7) is 1.66. The average Bonchev–Trinajstić information content (AvgIpc) is 3.07. The van der Waals surface area contributed by atoms with Crippen molar-refractivity contribution < 1.29 is 21.6 Å². The van der Waals surface area contributed by atoms with E-state index in [0.717, 1.165) is 29.1 Å². The van der Waals surface area contributed by atoms with E-state index in [2.05, 4.69) is 20.0 Å². The standard InChI is InChI=1S/C16H14F3N5O2S/c1-2-5-27(25,26)22-13-4-3-12(18)16(15(13)19)24-9-14(21-23-24)10-6-11(17)8-20-7-10/h3-4,6-9,22H,2,5H2,1H3. The van der Waals surface area contributed by atoms with Crippen LogP contribution in [0, 0.1) is 17.5 Å². The van der Waals surface area contributed by atoms with Crippen molar-refractivity contribution in [2.45, 2.75) is 13.3 Å². The Morgan fingerprint density at radius 2 is 1.96 bits per heavy atom. The van der Waals surface area contributed by atoms with Crippen LogP contribution in [0.15, 0.2) is 36.8 Å². The Labute approximate surface area is 152 Å². The minimum Gasteiger partial charge on any atom is -0.280 e. The number of aromatic nitrogens is 4. The summed E-state index contributed by atoms with van der Waals surface area (Å²) in [4.78, 5) is 3.67. The highest BCUT2D eigenvalue weighted by Crippen LogP contribution is 2.26. The number of sulfonamides is 1. The fourth-order valence-corrected chi connectivity index (χ4v) is 3.51. The molecule has 3 rings (SSSR count). The first-order chi connectivity index (χ1) is 12.8. The summed E-state index contributed by atoms with van der Waals surface area (Å²) >= 11 is 0. The first-order valence-corrected chi connectivity index (χ1v) is 9.48. The number of benzene rings is 1. The summed E-state index contributed by atoms with van der Waals surface area (Å²) in [7, 11) is -3.77. The van der Waals surface area contributed by atoms with Gasteiger partial charge >= 0.3 is 0 Å². The van der Waals surface area contributed by atoms with E-state index >= 15 is 0 Å². The molecule has 0 bridgehead atoms. The van der Waals surface area contributed by atoms with Crippen LogP contribution >= 0.6 is 0 Å². The first-order valence-electron chi connectivity index (χ1n) is 7.83. The van der Waals surface area contributed by atoms with E-state index in [-0.39, 0.29) is 17.0 Å². The number of nitrogens with one attached hydrogen (secondary N) is 1. The smallest absolute Gasteiger partial charge is 0.232 e. The molecule has 0 aliphatic heterocycles. The van der Waals surface area contributed by atoms with E-state index in [0.29, 0.717) is 6.42 Å². The molecule has 1 aromatic carbocycles. The second-order valence-corrected chi connectivity index (χ2v) is 7.46. The number of nitrogens with zero attached hydrogens (tertiary/aromatic N) is 4. The second kappa shape index (κ2) is 7.35. The van der Waals surface area contributed by atoms with Gasteiger partial charge in [-0.3, -0.25) is 9.71 Å². The van der Waals surface area contributed by atoms with Gasteiger partial charge in [-0.15, -0.1) is 5.10 Å². The van der Waals surface area contributed by atoms with Crippen LogP contribution in [0.25, 0.3) is 16.9 Å². The first kappa shape index (κ1) is 18.8. The molecule has 27 heavy (non-hydrogen) atoms. The van der Waals surface area contributed by atoms with Gasteiger partial charge in [0.1, 0.15) is 17.2 Å². The number of hydrogen-bond donors (Lipinski definition) is 1. The summed E-state index contributed by atoms with van der Waals surface area (Å²) < 4.78 is 68.8. The Hall–Kier alpha value is -2.95. The Kier molecular flexibility index (Phi) is 5.13. The molecule has 0 unspecified atom stereocenters. The van der Waals surface area contributed by atoms with Crippen LogP contribution in [0.4, 0.5) is 18.9 Å². The third-order valence-corrected chi connectivity index (χ3v) is 5.00. The average molecular weight is 397 g/mol. The molecule has 11 heteroatoms. The molecule has 1 N–H and O–H groups in total. The molecule has 2 heterocycles. The van der Waals surface area contributed by atoms with Crippen LogP contribution in [-0.4, -0.2) is 34.1 Å². The molecule has 0 aliphatic rings. The number of pyridine rings is 1. The summed E-state index contributed by atoms with van der Waals surface area (Å²) in [6, 6.07) is 3.03. The topological polar surface area (TPSA) is 89.8 Å². The molecule has 0 saturated carbocycles. The van der Waals surface area contributed by atoms with E-state index < -0.39 is 38.8 Å². The van der Waals surface area contributed by atoms with Gasteiger partial charge in [-0.25, -0.2) is 26.3 Å². The van der Waals surface area contributed by atoms with Crippen LogP contribution in [-0.2, 0) is 10.0 Å². The Bertz CT molecular complexity index is 1090. The Morgan fingerprint density at radius 1 is 1.19 bits per heavy atom. The van der Waals surface area contributed by atoms with Crippen molar-refractivity contribution >= 4 is 15.7 Å². The Balaban J connectivity index is 2.01. The molecule has 0 aliphatic carbocycles. The van der Waals surface area contributed by atoms with Crippen LogP contribution in [0.5, 0.6) is 0 Å². The van der Waals surface area contributed by atoms with Crippen LogP contribution < -0.4 is 4.72 Å². The highest BCUT2D eigenvalue weighted by atomic mass is 32.2. The molecule has 0 atom stereocenters. The van der Waals surface area contributed by atoms with Crippen molar-refractivity contribution in [3.05, 3.63) is 54.2 Å². The van der Waals surface area contributed by atoms with Crippen molar-refractivity contribution in [3.63, 3.8) is 0 Å². The lowest BCUT2D eigenvalue weighted by Gasteiger charge is -2.11. The van der Waals surface area contributed by atoms with Crippen molar-refractivity contribution in [1.82, 2.24) is 20.0 Å². The predicted molar refractivity (Wildman–Crippen MR) is 92.2 cm³/mol. The second-order valence-electron chi connectivity index (χ2n) is 5.62. The van der Waals surface area contributed by atoms with Gasteiger partial charge in [0.25, 0.3) is 0 Å². The van der Waals surface area contributed by atoms with Crippen LogP contribution in [0.1, 0.15) is 13.3 Å². The maximum absolute atomic E-state index is 14.7. The summed E-state index contributed by atoms with van der Waals surface area (Å²) in [5, 5.41) is 7.40. The highest BCUT2D eigenvalue weighted by molar-refractivity contribution is 7.92. The maximum atomic E-state index is 14.7. The molecular weight excluding hydrogens is 383 g/mol. The molecule has 2 aromatic heterocycles. The van der Waals surface area contributed by atoms with Crippen LogP contribution in [0.2, 0.25) is 0 Å². The van der Waals surface area contributed by atoms with E-state index in [4.69, 9.17) is 0 Å². The van der Waals surface area contributed by atoms with Gasteiger partial charge in [0, 0.05) is 11.8 Å². The zero-order chi connectivity index (χ0) is 19.6. The lowest BCUT2D eigenvalue weighted by atomic mass is 10.2. The highest BCUT2D eigenvalue weighted by Gasteiger charge is 2.20. The zero-order valence-electron chi connectivity index (χ0n) is 14.0. The summed E-state index contributed by atoms with van der Waals surface area (Å²) in [6.07, 6.45) is 3.83. The van der Waals surface area contributed by atoms with Gasteiger partial charge in [0.15, 0.2) is 11.6 Å². The number of anilines is 1. The summed E-state index contributed by atoms with van der Waals surface area (Å²) in [5.41, 5.74) is -0.626. The van der Waals surface area contributed by atoms with E-state index in [9.17, 15) is 21.6 Å². The largest absolute Gasteiger partial charge is 0.280 e. The van der Waals surface area contributed by atoms with Gasteiger partial charge in [0.2, 0.25) is 10.0 Å². The van der Waals surface area contributed by atoms with Gasteiger partial charge in [-0.05, 0) is 24.6 Å². The van der Waals surface area contributed by atoms with Gasteiger partial charge < -0.3 is 0 Å². The lowest BCUT2D eigenvalue weighted by molar-refractivity contribution is 0.558. The number of rotatable bonds is 6. The molecule has 3 aromatic rings. The fraction of sp³-hybridized carbons (Fsp3) is 0.188. The van der Waals surface area contributed by atoms with Crippen molar-refractivity contribution in [2.75, 3.05) is 10.5 Å². The van der Waals surface area contributed by atoms with E-state index in [1.54, 1.807) is 6.92 Å². The third kappa shape index (κ3) is 4.08. The van der Waals surface area contributed by atoms with E-state index in [1.807, 2.05) is 0 Å². The number of halogens is 3. The molecule has 7 nitrogen and oxygen atoms in total. The minimum absolute atomic E-state index is 0.137. The van der Waals surface area contributed by atoms with Crippen molar-refractivity contribution in [3.8, 4) is 16.9 Å². The number of hydrogen-bond acceptors (Lipinski definition) is 5. The van der Waals surface area contributed by atoms with Gasteiger partial charge in [0.05, 0.1) is 23.8 Å².